The molecule has 7 heteroatoms. The highest BCUT2D eigenvalue weighted by molar-refractivity contribution is 7.89. The molecule has 1 rings (SSSR count). The van der Waals surface area contributed by atoms with Gasteiger partial charge in [-0.3, -0.25) is 0 Å². The number of rotatable bonds is 7. The highest BCUT2D eigenvalue weighted by Gasteiger charge is 2.16. The van der Waals surface area contributed by atoms with Gasteiger partial charge in [0.25, 0.3) is 0 Å². The maximum absolute atomic E-state index is 13.0. The van der Waals surface area contributed by atoms with E-state index in [1.165, 1.54) is 12.1 Å². The van der Waals surface area contributed by atoms with Gasteiger partial charge in [0.15, 0.2) is 0 Å². The fourth-order valence-corrected chi connectivity index (χ4v) is 2.64. The Morgan fingerprint density at radius 3 is 2.78 bits per heavy atom. The minimum atomic E-state index is -3.70. The van der Waals surface area contributed by atoms with Crippen molar-refractivity contribution in [1.29, 1.82) is 0 Å². The second kappa shape index (κ2) is 6.79. The van der Waals surface area contributed by atoms with Crippen molar-refractivity contribution in [2.45, 2.75) is 11.8 Å². The molecule has 0 heterocycles. The summed E-state index contributed by atoms with van der Waals surface area (Å²) in [5.74, 6) is -0.583. The predicted molar refractivity (Wildman–Crippen MR) is 66.2 cm³/mol. The van der Waals surface area contributed by atoms with Gasteiger partial charge in [0.05, 0.1) is 18.1 Å². The molecule has 0 aromatic heterocycles. The van der Waals surface area contributed by atoms with Crippen LogP contribution in [0.1, 0.15) is 5.56 Å². The van der Waals surface area contributed by atoms with Crippen LogP contribution < -0.4 is 10.5 Å². The lowest BCUT2D eigenvalue weighted by Gasteiger charge is -2.09. The number of sulfonamides is 1. The summed E-state index contributed by atoms with van der Waals surface area (Å²) >= 11 is 0. The number of nitrogens with one attached hydrogen (secondary N) is 1. The lowest BCUT2D eigenvalue weighted by Crippen LogP contribution is -2.28. The van der Waals surface area contributed by atoms with E-state index in [-0.39, 0.29) is 18.0 Å². The second-order valence-electron chi connectivity index (χ2n) is 3.71. The van der Waals surface area contributed by atoms with Crippen molar-refractivity contribution in [3.05, 3.63) is 29.6 Å². The van der Waals surface area contributed by atoms with Crippen LogP contribution in [-0.4, -0.2) is 34.7 Å². The van der Waals surface area contributed by atoms with Crippen LogP contribution >= 0.6 is 0 Å². The molecule has 0 atom stereocenters. The molecule has 0 aliphatic rings. The molecule has 0 amide bonds. The fourth-order valence-electron chi connectivity index (χ4n) is 1.37. The van der Waals surface area contributed by atoms with Crippen molar-refractivity contribution in [3.63, 3.8) is 0 Å². The van der Waals surface area contributed by atoms with Crippen LogP contribution in [0.15, 0.2) is 23.1 Å². The zero-order valence-corrected chi connectivity index (χ0v) is 11.0. The Bertz CT molecular complexity index is 491. The van der Waals surface area contributed by atoms with Crippen molar-refractivity contribution in [1.82, 2.24) is 4.72 Å². The van der Waals surface area contributed by atoms with Gasteiger partial charge in [-0.05, 0) is 24.6 Å². The van der Waals surface area contributed by atoms with E-state index in [2.05, 4.69) is 4.72 Å². The minimum Gasteiger partial charge on any atom is -0.379 e. The Morgan fingerprint density at radius 2 is 2.11 bits per heavy atom. The van der Waals surface area contributed by atoms with E-state index in [0.717, 1.165) is 6.07 Å². The first-order valence-corrected chi connectivity index (χ1v) is 6.99. The molecule has 0 unspecified atom stereocenters. The minimum absolute atomic E-state index is 0.0543. The summed E-state index contributed by atoms with van der Waals surface area (Å²) in [6.07, 6.45) is 0. The molecule has 0 saturated carbocycles. The highest BCUT2D eigenvalue weighted by atomic mass is 32.2. The maximum atomic E-state index is 13.0. The van der Waals surface area contributed by atoms with Crippen LogP contribution in [0, 0.1) is 12.7 Å². The third kappa shape index (κ3) is 4.34. The van der Waals surface area contributed by atoms with Gasteiger partial charge in [-0.2, -0.15) is 0 Å². The van der Waals surface area contributed by atoms with E-state index in [4.69, 9.17) is 10.5 Å². The van der Waals surface area contributed by atoms with Gasteiger partial charge in [0.2, 0.25) is 10.0 Å². The molecule has 1 aromatic carbocycles. The monoisotopic (exact) mass is 276 g/mol. The van der Waals surface area contributed by atoms with E-state index in [0.29, 0.717) is 18.7 Å². The zero-order chi connectivity index (χ0) is 13.6. The Morgan fingerprint density at radius 1 is 1.39 bits per heavy atom. The van der Waals surface area contributed by atoms with E-state index in [1.807, 2.05) is 0 Å². The number of aryl methyl sites for hydroxylation is 1. The lowest BCUT2D eigenvalue weighted by molar-refractivity contribution is 0.147. The summed E-state index contributed by atoms with van der Waals surface area (Å²) in [5.41, 5.74) is 5.71. The molecule has 0 radical (unpaired) electrons. The first-order chi connectivity index (χ1) is 8.47. The summed E-state index contributed by atoms with van der Waals surface area (Å²) in [7, 11) is -3.70. The summed E-state index contributed by atoms with van der Waals surface area (Å²) in [4.78, 5) is -0.0543. The van der Waals surface area contributed by atoms with Gasteiger partial charge in [-0.25, -0.2) is 17.5 Å². The van der Waals surface area contributed by atoms with Gasteiger partial charge in [0.1, 0.15) is 5.82 Å². The maximum Gasteiger partial charge on any atom is 0.241 e. The summed E-state index contributed by atoms with van der Waals surface area (Å²) in [6, 6.07) is 3.64. The van der Waals surface area contributed by atoms with E-state index < -0.39 is 15.8 Å². The Hall–Kier alpha value is -1.02. The van der Waals surface area contributed by atoms with Gasteiger partial charge < -0.3 is 10.5 Å². The molecule has 5 nitrogen and oxygen atoms in total. The lowest BCUT2D eigenvalue weighted by atomic mass is 10.2. The SMILES string of the molecule is Cc1ccc(F)cc1S(=O)(=O)NCCOCCN. The summed E-state index contributed by atoms with van der Waals surface area (Å²) in [6.45, 7) is 2.72. The molecule has 0 bridgehead atoms. The Labute approximate surface area is 106 Å². The second-order valence-corrected chi connectivity index (χ2v) is 5.44. The smallest absolute Gasteiger partial charge is 0.241 e. The molecule has 3 N–H and O–H groups in total. The average molecular weight is 276 g/mol. The third-order valence-electron chi connectivity index (χ3n) is 2.24. The van der Waals surface area contributed by atoms with Crippen LogP contribution in [0.3, 0.4) is 0 Å². The summed E-state index contributed by atoms with van der Waals surface area (Å²) in [5, 5.41) is 0. The number of ether oxygens (including phenoxy) is 1. The van der Waals surface area contributed by atoms with Crippen molar-refractivity contribution in [2.75, 3.05) is 26.3 Å². The van der Waals surface area contributed by atoms with Crippen molar-refractivity contribution in [2.24, 2.45) is 5.73 Å². The van der Waals surface area contributed by atoms with Gasteiger partial charge in [0, 0.05) is 13.1 Å². The predicted octanol–water partition coefficient (Wildman–Crippen LogP) is 0.388. The molecule has 18 heavy (non-hydrogen) atoms. The molecule has 0 fully saturated rings. The number of hydrogen-bond acceptors (Lipinski definition) is 4. The standard InChI is InChI=1S/C11H17FN2O3S/c1-9-2-3-10(12)8-11(9)18(15,16)14-5-7-17-6-4-13/h2-3,8,14H,4-7,13H2,1H3. The quantitative estimate of drug-likeness (QED) is 0.706. The van der Waals surface area contributed by atoms with E-state index in [1.54, 1.807) is 6.92 Å². The highest BCUT2D eigenvalue weighted by Crippen LogP contribution is 2.15. The van der Waals surface area contributed by atoms with E-state index >= 15 is 0 Å². The van der Waals surface area contributed by atoms with Gasteiger partial charge in [-0.15, -0.1) is 0 Å². The van der Waals surface area contributed by atoms with Crippen LogP contribution in [0.2, 0.25) is 0 Å². The average Bonchev–Trinajstić information content (AvgIpc) is 2.32. The number of hydrogen-bond donors (Lipinski definition) is 2. The van der Waals surface area contributed by atoms with Crippen LogP contribution in [0.5, 0.6) is 0 Å². The van der Waals surface area contributed by atoms with Crippen molar-refractivity contribution < 1.29 is 17.5 Å². The topological polar surface area (TPSA) is 81.4 Å². The third-order valence-corrected chi connectivity index (χ3v) is 3.84. The van der Waals surface area contributed by atoms with Crippen LogP contribution in [0.25, 0.3) is 0 Å². The number of halogens is 1. The van der Waals surface area contributed by atoms with E-state index in [9.17, 15) is 12.8 Å². The number of nitrogens with two attached hydrogens (primary N) is 1. The molecular formula is C11H17FN2O3S. The van der Waals surface area contributed by atoms with Crippen molar-refractivity contribution in [3.8, 4) is 0 Å². The molecule has 0 aliphatic heterocycles. The van der Waals surface area contributed by atoms with Crippen molar-refractivity contribution >= 4 is 10.0 Å². The first-order valence-electron chi connectivity index (χ1n) is 5.51. The largest absolute Gasteiger partial charge is 0.379 e. The molecule has 0 saturated heterocycles. The molecule has 0 spiro atoms. The van der Waals surface area contributed by atoms with Crippen LogP contribution in [-0.2, 0) is 14.8 Å². The summed E-state index contributed by atoms with van der Waals surface area (Å²) < 4.78 is 44.2. The molecule has 102 valence electrons. The Kier molecular flexibility index (Phi) is 5.67. The van der Waals surface area contributed by atoms with Gasteiger partial charge >= 0.3 is 0 Å². The zero-order valence-electron chi connectivity index (χ0n) is 10.1. The molecular weight excluding hydrogens is 259 g/mol. The molecule has 0 aliphatic carbocycles. The Balaban J connectivity index is 2.66. The number of benzene rings is 1. The molecule has 1 aromatic rings. The fraction of sp³-hybridized carbons (Fsp3) is 0.455. The van der Waals surface area contributed by atoms with Crippen LogP contribution in [0.4, 0.5) is 4.39 Å². The van der Waals surface area contributed by atoms with Gasteiger partial charge in [-0.1, -0.05) is 6.07 Å². The first kappa shape index (κ1) is 15.0. The normalized spacial score (nSPS) is 11.7.